The van der Waals surface area contributed by atoms with E-state index in [1.54, 1.807) is 11.8 Å². The third-order valence-corrected chi connectivity index (χ3v) is 5.39. The van der Waals surface area contributed by atoms with Crippen LogP contribution in [0.3, 0.4) is 0 Å². The minimum absolute atomic E-state index is 0.132. The van der Waals surface area contributed by atoms with Crippen LogP contribution in [0.2, 0.25) is 0 Å². The van der Waals surface area contributed by atoms with Gasteiger partial charge in [-0.15, -0.1) is 0 Å². The Kier molecular flexibility index (Phi) is 10.5. The van der Waals surface area contributed by atoms with Gasteiger partial charge in [0.15, 0.2) is 0 Å². The molecule has 1 unspecified atom stereocenters. The number of hydrogen-bond acceptors (Lipinski definition) is 5. The van der Waals surface area contributed by atoms with Crippen LogP contribution >= 0.6 is 0 Å². The van der Waals surface area contributed by atoms with Crippen molar-refractivity contribution in [2.75, 3.05) is 39.8 Å². The molecule has 1 atom stereocenters. The van der Waals surface area contributed by atoms with Gasteiger partial charge in [-0.25, -0.2) is 0 Å². The highest BCUT2D eigenvalue weighted by Crippen LogP contribution is 2.26. The van der Waals surface area contributed by atoms with Crippen LogP contribution in [0, 0.1) is 0 Å². The van der Waals surface area contributed by atoms with E-state index in [-0.39, 0.29) is 24.1 Å². The van der Waals surface area contributed by atoms with Gasteiger partial charge in [-0.2, -0.15) is 0 Å². The third-order valence-electron chi connectivity index (χ3n) is 5.39. The third kappa shape index (κ3) is 6.05. The molecule has 7 heteroatoms. The molecule has 0 aromatic carbocycles. The van der Waals surface area contributed by atoms with Gasteiger partial charge in [0.05, 0.1) is 0 Å². The lowest BCUT2D eigenvalue weighted by atomic mass is 10.0. The number of rotatable bonds is 4. The number of nitrogens with zero attached hydrogens (tertiary/aromatic N) is 3. The molecule has 0 aromatic heterocycles. The Bertz CT molecular complexity index is 703. The van der Waals surface area contributed by atoms with Crippen molar-refractivity contribution in [3.63, 3.8) is 0 Å². The summed E-state index contributed by atoms with van der Waals surface area (Å²) in [7, 11) is 2.11. The monoisotopic (exact) mass is 418 g/mol. The molecule has 7 nitrogen and oxygen atoms in total. The molecule has 1 N–H and O–H groups in total. The van der Waals surface area contributed by atoms with E-state index >= 15 is 0 Å². The topological polar surface area (TPSA) is 73.0 Å². The van der Waals surface area contributed by atoms with Crippen molar-refractivity contribution >= 4 is 17.7 Å². The van der Waals surface area contributed by atoms with Gasteiger partial charge in [-0.1, -0.05) is 34.3 Å². The van der Waals surface area contributed by atoms with E-state index < -0.39 is 6.04 Å². The van der Waals surface area contributed by atoms with Gasteiger partial charge in [-0.3, -0.25) is 19.7 Å². The molecule has 2 fully saturated rings. The van der Waals surface area contributed by atoms with E-state index in [9.17, 15) is 14.4 Å². The fourth-order valence-electron chi connectivity index (χ4n) is 3.63. The highest BCUT2D eigenvalue weighted by molar-refractivity contribution is 6.05. The van der Waals surface area contributed by atoms with Gasteiger partial charge in [0.25, 0.3) is 5.91 Å². The maximum Gasteiger partial charge on any atom is 0.250 e. The van der Waals surface area contributed by atoms with E-state index in [4.69, 9.17) is 0 Å². The first-order chi connectivity index (χ1) is 14.4. The minimum Gasteiger partial charge on any atom is -0.369 e. The molecule has 3 amide bonds. The van der Waals surface area contributed by atoms with E-state index in [2.05, 4.69) is 28.7 Å². The van der Waals surface area contributed by atoms with Crippen LogP contribution in [0.4, 0.5) is 0 Å². The Morgan fingerprint density at radius 2 is 1.67 bits per heavy atom. The van der Waals surface area contributed by atoms with E-state index in [1.165, 1.54) is 0 Å². The Balaban J connectivity index is 0.00000106. The average Bonchev–Trinajstić information content (AvgIpc) is 3.04. The second-order valence-corrected chi connectivity index (χ2v) is 7.11. The smallest absolute Gasteiger partial charge is 0.250 e. The SMILES string of the molecule is C=C/C(=C\C1=C(C)C(=O)N(C2CCC(=O)NC2=O)C1)N1CCN(C)CC1.CC.CC. The van der Waals surface area contributed by atoms with E-state index in [0.29, 0.717) is 18.5 Å². The molecular weight excluding hydrogens is 380 g/mol. The summed E-state index contributed by atoms with van der Waals surface area (Å²) in [5, 5.41) is 2.33. The Hall–Kier alpha value is -2.41. The summed E-state index contributed by atoms with van der Waals surface area (Å²) in [6.45, 7) is 17.9. The lowest BCUT2D eigenvalue weighted by molar-refractivity contribution is -0.142. The number of hydrogen-bond donors (Lipinski definition) is 1. The highest BCUT2D eigenvalue weighted by Gasteiger charge is 2.38. The van der Waals surface area contributed by atoms with Crippen molar-refractivity contribution in [3.8, 4) is 0 Å². The zero-order chi connectivity index (χ0) is 22.8. The molecule has 0 saturated carbocycles. The number of carbonyl (C=O) groups is 3. The Morgan fingerprint density at radius 1 is 1.07 bits per heavy atom. The van der Waals surface area contributed by atoms with Crippen molar-refractivity contribution < 1.29 is 14.4 Å². The molecule has 168 valence electrons. The van der Waals surface area contributed by atoms with E-state index in [0.717, 1.165) is 37.4 Å². The summed E-state index contributed by atoms with van der Waals surface area (Å²) >= 11 is 0. The van der Waals surface area contributed by atoms with Crippen molar-refractivity contribution in [2.24, 2.45) is 0 Å². The second kappa shape index (κ2) is 12.3. The van der Waals surface area contributed by atoms with Crippen LogP contribution in [0.15, 0.2) is 35.6 Å². The summed E-state index contributed by atoms with van der Waals surface area (Å²) in [6, 6.07) is -0.572. The number of imide groups is 1. The molecule has 3 aliphatic heterocycles. The Morgan fingerprint density at radius 3 is 2.20 bits per heavy atom. The normalized spacial score (nSPS) is 22.8. The standard InChI is InChI=1S/C19H26N4O3.2C2H6/c1-4-15(22-9-7-21(3)8-10-22)11-14-12-23(19(26)13(14)2)16-5-6-17(24)20-18(16)25;2*1-2/h4,11,16H,1,5-10,12H2,2-3H3,(H,20,24,25);2*1-2H3/b15-11+;;. The summed E-state index contributed by atoms with van der Waals surface area (Å²) in [5.74, 6) is -0.783. The van der Waals surface area contributed by atoms with Crippen LogP contribution in [0.5, 0.6) is 0 Å². The summed E-state index contributed by atoms with van der Waals surface area (Å²) in [5.41, 5.74) is 2.57. The summed E-state index contributed by atoms with van der Waals surface area (Å²) in [6.07, 6.45) is 4.49. The molecule has 0 aromatic rings. The van der Waals surface area contributed by atoms with Crippen LogP contribution in [-0.4, -0.2) is 78.2 Å². The first-order valence-electron chi connectivity index (χ1n) is 11.0. The second-order valence-electron chi connectivity index (χ2n) is 7.11. The number of allylic oxidation sites excluding steroid dienone is 1. The zero-order valence-electron chi connectivity index (χ0n) is 19.5. The van der Waals surface area contributed by atoms with Gasteiger partial charge in [0, 0.05) is 50.4 Å². The van der Waals surface area contributed by atoms with Gasteiger partial charge in [0.2, 0.25) is 11.8 Å². The Labute approximate surface area is 181 Å². The lowest BCUT2D eigenvalue weighted by Crippen LogP contribution is -2.53. The molecule has 3 heterocycles. The molecule has 30 heavy (non-hydrogen) atoms. The molecule has 3 aliphatic rings. The summed E-state index contributed by atoms with van der Waals surface area (Å²) < 4.78 is 0. The van der Waals surface area contributed by atoms with Crippen LogP contribution < -0.4 is 5.32 Å². The molecule has 3 rings (SSSR count). The van der Waals surface area contributed by atoms with Crippen molar-refractivity contribution in [1.82, 2.24) is 20.0 Å². The molecule has 0 spiro atoms. The number of nitrogens with one attached hydrogen (secondary N) is 1. The predicted molar refractivity (Wildman–Crippen MR) is 121 cm³/mol. The van der Waals surface area contributed by atoms with Crippen molar-refractivity contribution in [3.05, 3.63) is 35.6 Å². The van der Waals surface area contributed by atoms with E-state index in [1.807, 2.05) is 39.8 Å². The van der Waals surface area contributed by atoms with Crippen LogP contribution in [0.25, 0.3) is 0 Å². The number of piperazine rings is 1. The minimum atomic E-state index is -0.572. The van der Waals surface area contributed by atoms with Crippen LogP contribution in [0.1, 0.15) is 47.5 Å². The molecular formula is C23H38N4O3. The van der Waals surface area contributed by atoms with Gasteiger partial charge < -0.3 is 14.7 Å². The maximum atomic E-state index is 12.7. The first-order valence-corrected chi connectivity index (χ1v) is 11.0. The number of piperidine rings is 1. The fraction of sp³-hybridized carbons (Fsp3) is 0.609. The molecule has 0 bridgehead atoms. The van der Waals surface area contributed by atoms with Gasteiger partial charge >= 0.3 is 0 Å². The molecule has 0 aliphatic carbocycles. The molecule has 2 saturated heterocycles. The summed E-state index contributed by atoms with van der Waals surface area (Å²) in [4.78, 5) is 42.3. The van der Waals surface area contributed by atoms with Crippen molar-refractivity contribution in [2.45, 2.75) is 53.5 Å². The van der Waals surface area contributed by atoms with Crippen LogP contribution in [-0.2, 0) is 14.4 Å². The lowest BCUT2D eigenvalue weighted by Gasteiger charge is -2.34. The first kappa shape index (κ1) is 25.6. The average molecular weight is 419 g/mol. The quantitative estimate of drug-likeness (QED) is 0.560. The van der Waals surface area contributed by atoms with Gasteiger partial charge in [0.1, 0.15) is 6.04 Å². The largest absolute Gasteiger partial charge is 0.369 e. The number of amides is 3. The van der Waals surface area contributed by atoms with Crippen molar-refractivity contribution in [1.29, 1.82) is 0 Å². The van der Waals surface area contributed by atoms with Gasteiger partial charge in [-0.05, 0) is 38.1 Å². The zero-order valence-corrected chi connectivity index (χ0v) is 19.5. The number of carbonyl (C=O) groups excluding carboxylic acids is 3. The molecule has 0 radical (unpaired) electrons. The fourth-order valence-corrected chi connectivity index (χ4v) is 3.63. The highest BCUT2D eigenvalue weighted by atomic mass is 16.2. The number of likely N-dealkylation sites (N-methyl/N-ethyl adjacent to an activating group) is 1. The predicted octanol–water partition coefficient (Wildman–Crippen LogP) is 2.32. The maximum absolute atomic E-state index is 12.7.